The molecule has 0 unspecified atom stereocenters. The average molecular weight is 312 g/mol. The van der Waals surface area contributed by atoms with E-state index in [0.717, 1.165) is 6.54 Å². The molecule has 0 aliphatic carbocycles. The molecular weight excluding hydrogens is 278 g/mol. The Morgan fingerprint density at radius 3 is 2.00 bits per heavy atom. The van der Waals surface area contributed by atoms with Crippen LogP contribution in [0.1, 0.15) is 71.1 Å². The lowest BCUT2D eigenvalue weighted by Gasteiger charge is -2.09. The number of anilines is 1. The molecule has 1 heteroatoms. The van der Waals surface area contributed by atoms with E-state index in [1.54, 1.807) is 0 Å². The number of fused-ring (bicyclic) bond motifs is 1. The molecule has 2 aromatic carbocycles. The second kappa shape index (κ2) is 11.1. The molecule has 0 atom stereocenters. The fourth-order valence-corrected chi connectivity index (χ4v) is 3.22. The molecule has 0 heterocycles. The zero-order chi connectivity index (χ0) is 16.2. The minimum atomic E-state index is 1.09. The third kappa shape index (κ3) is 6.64. The zero-order valence-corrected chi connectivity index (χ0v) is 14.8. The highest BCUT2D eigenvalue weighted by molar-refractivity contribution is 5.93. The maximum absolute atomic E-state index is 3.61. The average Bonchev–Trinajstić information content (AvgIpc) is 2.60. The third-order valence-electron chi connectivity index (χ3n) is 4.64. The van der Waals surface area contributed by atoms with Crippen molar-refractivity contribution in [2.75, 3.05) is 11.9 Å². The van der Waals surface area contributed by atoms with Gasteiger partial charge in [0.2, 0.25) is 0 Å². The minimum absolute atomic E-state index is 1.09. The molecule has 0 aliphatic heterocycles. The fourth-order valence-electron chi connectivity index (χ4n) is 3.22. The molecule has 126 valence electrons. The normalized spacial score (nSPS) is 11.0. The van der Waals surface area contributed by atoms with Crippen molar-refractivity contribution in [3.63, 3.8) is 0 Å². The van der Waals surface area contributed by atoms with Gasteiger partial charge in [0.1, 0.15) is 0 Å². The van der Waals surface area contributed by atoms with E-state index in [1.165, 1.54) is 80.7 Å². The summed E-state index contributed by atoms with van der Waals surface area (Å²) in [5, 5.41) is 6.27. The fraction of sp³-hybridized carbons (Fsp3) is 0.545. The summed E-state index contributed by atoms with van der Waals surface area (Å²) in [6.07, 6.45) is 14.0. The maximum atomic E-state index is 3.61. The predicted octanol–water partition coefficient (Wildman–Crippen LogP) is 7.17. The van der Waals surface area contributed by atoms with Gasteiger partial charge in [-0.15, -0.1) is 0 Å². The molecule has 2 rings (SSSR count). The van der Waals surface area contributed by atoms with Crippen LogP contribution in [0.5, 0.6) is 0 Å². The summed E-state index contributed by atoms with van der Waals surface area (Å²) in [6.45, 7) is 3.37. The molecule has 0 aromatic heterocycles. The van der Waals surface area contributed by atoms with E-state index < -0.39 is 0 Å². The Balaban J connectivity index is 1.54. The van der Waals surface area contributed by atoms with Gasteiger partial charge in [0.15, 0.2) is 0 Å². The highest BCUT2D eigenvalue weighted by Crippen LogP contribution is 2.23. The second-order valence-electron chi connectivity index (χ2n) is 6.64. The molecule has 0 spiro atoms. The van der Waals surface area contributed by atoms with Crippen molar-refractivity contribution < 1.29 is 0 Å². The predicted molar refractivity (Wildman–Crippen MR) is 104 cm³/mol. The highest BCUT2D eigenvalue weighted by atomic mass is 14.9. The summed E-state index contributed by atoms with van der Waals surface area (Å²) in [4.78, 5) is 0. The standard InChI is InChI=1S/C22H33N/c1-2-3-4-5-6-7-8-9-10-13-19-23-22-18-14-16-20-15-11-12-17-21(20)22/h11-12,14-18,23H,2-10,13,19H2,1H3. The van der Waals surface area contributed by atoms with Crippen molar-refractivity contribution in [1.82, 2.24) is 0 Å². The summed E-state index contributed by atoms with van der Waals surface area (Å²) >= 11 is 0. The van der Waals surface area contributed by atoms with Crippen LogP contribution in [0, 0.1) is 0 Å². The van der Waals surface area contributed by atoms with E-state index in [1.807, 2.05) is 0 Å². The van der Waals surface area contributed by atoms with Gasteiger partial charge in [-0.3, -0.25) is 0 Å². The van der Waals surface area contributed by atoms with E-state index in [9.17, 15) is 0 Å². The lowest BCUT2D eigenvalue weighted by molar-refractivity contribution is 0.560. The number of hydrogen-bond acceptors (Lipinski definition) is 1. The summed E-state index contributed by atoms with van der Waals surface area (Å²) in [5.41, 5.74) is 1.28. The Hall–Kier alpha value is -1.50. The van der Waals surface area contributed by atoms with Gasteiger partial charge in [-0.1, -0.05) is 101 Å². The van der Waals surface area contributed by atoms with Crippen LogP contribution in [-0.4, -0.2) is 6.54 Å². The van der Waals surface area contributed by atoms with E-state index in [2.05, 4.69) is 54.7 Å². The molecule has 0 bridgehead atoms. The van der Waals surface area contributed by atoms with Gasteiger partial charge in [-0.05, 0) is 17.9 Å². The molecular formula is C22H33N. The van der Waals surface area contributed by atoms with Gasteiger partial charge in [0, 0.05) is 17.6 Å². The van der Waals surface area contributed by atoms with Gasteiger partial charge < -0.3 is 5.32 Å². The van der Waals surface area contributed by atoms with Crippen LogP contribution in [0.2, 0.25) is 0 Å². The van der Waals surface area contributed by atoms with Crippen LogP contribution in [0.4, 0.5) is 5.69 Å². The SMILES string of the molecule is CCCCCCCCCCCCNc1cccc2ccccc12. The molecule has 23 heavy (non-hydrogen) atoms. The molecule has 1 N–H and O–H groups in total. The molecule has 0 saturated heterocycles. The number of nitrogens with one attached hydrogen (secondary N) is 1. The summed E-state index contributed by atoms with van der Waals surface area (Å²) < 4.78 is 0. The lowest BCUT2D eigenvalue weighted by atomic mass is 10.1. The molecule has 0 saturated carbocycles. The van der Waals surface area contributed by atoms with Gasteiger partial charge >= 0.3 is 0 Å². The van der Waals surface area contributed by atoms with Crippen LogP contribution < -0.4 is 5.32 Å². The van der Waals surface area contributed by atoms with Crippen LogP contribution in [0.25, 0.3) is 10.8 Å². The number of unbranched alkanes of at least 4 members (excludes halogenated alkanes) is 9. The summed E-state index contributed by atoms with van der Waals surface area (Å²) in [7, 11) is 0. The quantitative estimate of drug-likeness (QED) is 0.409. The first kappa shape index (κ1) is 17.8. The monoisotopic (exact) mass is 311 g/mol. The molecule has 0 fully saturated rings. The van der Waals surface area contributed by atoms with E-state index >= 15 is 0 Å². The Morgan fingerprint density at radius 1 is 0.652 bits per heavy atom. The van der Waals surface area contributed by atoms with Crippen molar-refractivity contribution in [3.05, 3.63) is 42.5 Å². The van der Waals surface area contributed by atoms with Crippen molar-refractivity contribution in [3.8, 4) is 0 Å². The van der Waals surface area contributed by atoms with E-state index in [-0.39, 0.29) is 0 Å². The lowest BCUT2D eigenvalue weighted by Crippen LogP contribution is -2.01. The second-order valence-corrected chi connectivity index (χ2v) is 6.64. The zero-order valence-electron chi connectivity index (χ0n) is 14.8. The van der Waals surface area contributed by atoms with E-state index in [0.29, 0.717) is 0 Å². The van der Waals surface area contributed by atoms with Crippen LogP contribution in [-0.2, 0) is 0 Å². The first-order valence-electron chi connectivity index (χ1n) is 9.63. The first-order chi connectivity index (χ1) is 11.4. The van der Waals surface area contributed by atoms with Crippen molar-refractivity contribution in [2.24, 2.45) is 0 Å². The molecule has 0 amide bonds. The Bertz CT molecular complexity index is 541. The molecule has 0 aliphatic rings. The Kier molecular flexibility index (Phi) is 8.61. The van der Waals surface area contributed by atoms with Crippen molar-refractivity contribution in [1.29, 1.82) is 0 Å². The number of hydrogen-bond donors (Lipinski definition) is 1. The van der Waals surface area contributed by atoms with Crippen LogP contribution in [0.15, 0.2) is 42.5 Å². The summed E-state index contributed by atoms with van der Waals surface area (Å²) in [6, 6.07) is 15.1. The maximum Gasteiger partial charge on any atom is 0.0419 e. The molecule has 2 aromatic rings. The third-order valence-corrected chi connectivity index (χ3v) is 4.64. The Labute approximate surface area is 142 Å². The largest absolute Gasteiger partial charge is 0.385 e. The van der Waals surface area contributed by atoms with Gasteiger partial charge in [0.05, 0.1) is 0 Å². The first-order valence-corrected chi connectivity index (χ1v) is 9.63. The van der Waals surface area contributed by atoms with Crippen LogP contribution >= 0.6 is 0 Å². The smallest absolute Gasteiger partial charge is 0.0419 e. The Morgan fingerprint density at radius 2 is 1.26 bits per heavy atom. The van der Waals surface area contributed by atoms with E-state index in [4.69, 9.17) is 0 Å². The van der Waals surface area contributed by atoms with Gasteiger partial charge in [0.25, 0.3) is 0 Å². The molecule has 0 radical (unpaired) electrons. The van der Waals surface area contributed by atoms with Crippen LogP contribution in [0.3, 0.4) is 0 Å². The van der Waals surface area contributed by atoms with Gasteiger partial charge in [-0.25, -0.2) is 0 Å². The topological polar surface area (TPSA) is 12.0 Å². The number of benzene rings is 2. The van der Waals surface area contributed by atoms with Gasteiger partial charge in [-0.2, -0.15) is 0 Å². The minimum Gasteiger partial charge on any atom is -0.385 e. The highest BCUT2D eigenvalue weighted by Gasteiger charge is 1.99. The summed E-state index contributed by atoms with van der Waals surface area (Å²) in [5.74, 6) is 0. The van der Waals surface area contributed by atoms with Crippen molar-refractivity contribution >= 4 is 16.5 Å². The number of rotatable bonds is 12. The van der Waals surface area contributed by atoms with Crippen molar-refractivity contribution in [2.45, 2.75) is 71.1 Å². The molecule has 1 nitrogen and oxygen atoms in total.